The minimum atomic E-state index is -0.0627. The van der Waals surface area contributed by atoms with Crippen molar-refractivity contribution in [2.24, 2.45) is 0 Å². The molecule has 1 aromatic carbocycles. The molecule has 3 aromatic rings. The Morgan fingerprint density at radius 3 is 2.53 bits per heavy atom. The fraction of sp³-hybridized carbons (Fsp3) is 0.391. The van der Waals surface area contributed by atoms with Crippen molar-refractivity contribution in [3.8, 4) is 22.9 Å². The highest BCUT2D eigenvalue weighted by atomic mass is 16.5. The van der Waals surface area contributed by atoms with Crippen LogP contribution in [0.2, 0.25) is 0 Å². The van der Waals surface area contributed by atoms with Gasteiger partial charge in [-0.3, -0.25) is 4.79 Å². The number of benzene rings is 1. The van der Waals surface area contributed by atoms with E-state index in [-0.39, 0.29) is 5.91 Å². The number of piperazine rings is 1. The van der Waals surface area contributed by atoms with Gasteiger partial charge in [-0.05, 0) is 37.1 Å². The number of amides is 1. The Kier molecular flexibility index (Phi) is 5.38. The third-order valence-corrected chi connectivity index (χ3v) is 5.90. The third kappa shape index (κ3) is 3.86. The molecule has 9 heteroatoms. The van der Waals surface area contributed by atoms with Crippen LogP contribution >= 0.6 is 0 Å². The molecule has 1 aliphatic carbocycles. The van der Waals surface area contributed by atoms with Crippen LogP contribution in [0.15, 0.2) is 41.1 Å². The lowest BCUT2D eigenvalue weighted by atomic mass is 10.1. The van der Waals surface area contributed by atoms with Gasteiger partial charge in [-0.1, -0.05) is 11.2 Å². The number of hydrogen-bond donors (Lipinski definition) is 0. The monoisotopic (exact) mass is 435 g/mol. The van der Waals surface area contributed by atoms with Gasteiger partial charge < -0.3 is 23.8 Å². The number of rotatable bonds is 6. The molecule has 5 rings (SSSR count). The smallest absolute Gasteiger partial charge is 0.257 e. The van der Waals surface area contributed by atoms with E-state index in [0.29, 0.717) is 55.0 Å². The lowest BCUT2D eigenvalue weighted by Gasteiger charge is -2.35. The predicted octanol–water partition coefficient (Wildman–Crippen LogP) is 2.99. The molecule has 9 nitrogen and oxygen atoms in total. The van der Waals surface area contributed by atoms with Crippen molar-refractivity contribution in [2.45, 2.75) is 18.8 Å². The first-order valence-electron chi connectivity index (χ1n) is 10.7. The van der Waals surface area contributed by atoms with E-state index in [2.05, 4.69) is 20.0 Å². The number of carbonyl (C=O) groups is 1. The first kappa shape index (κ1) is 20.3. The summed E-state index contributed by atoms with van der Waals surface area (Å²) in [6.07, 6.45) is 4.02. The summed E-state index contributed by atoms with van der Waals surface area (Å²) in [4.78, 5) is 26.1. The Balaban J connectivity index is 1.23. The Morgan fingerprint density at radius 2 is 1.88 bits per heavy atom. The summed E-state index contributed by atoms with van der Waals surface area (Å²) < 4.78 is 16.1. The van der Waals surface area contributed by atoms with Crippen LogP contribution in [0.5, 0.6) is 11.5 Å². The summed E-state index contributed by atoms with van der Waals surface area (Å²) in [5, 5.41) is 4.07. The maximum atomic E-state index is 13.1. The first-order chi connectivity index (χ1) is 15.7. The molecule has 0 atom stereocenters. The van der Waals surface area contributed by atoms with E-state index in [1.165, 1.54) is 0 Å². The number of ether oxygens (including phenoxy) is 2. The van der Waals surface area contributed by atoms with Crippen LogP contribution in [-0.4, -0.2) is 66.3 Å². The minimum Gasteiger partial charge on any atom is -0.493 e. The van der Waals surface area contributed by atoms with Gasteiger partial charge in [0.15, 0.2) is 11.5 Å². The Morgan fingerprint density at radius 1 is 1.06 bits per heavy atom. The van der Waals surface area contributed by atoms with Crippen LogP contribution < -0.4 is 14.4 Å². The number of nitrogens with zero attached hydrogens (tertiary/aromatic N) is 5. The van der Waals surface area contributed by atoms with E-state index in [0.717, 1.165) is 30.1 Å². The second-order valence-corrected chi connectivity index (χ2v) is 7.96. The minimum absolute atomic E-state index is 0.0627. The predicted molar refractivity (Wildman–Crippen MR) is 117 cm³/mol. The van der Waals surface area contributed by atoms with Gasteiger partial charge in [-0.2, -0.15) is 4.98 Å². The highest BCUT2D eigenvalue weighted by Crippen LogP contribution is 2.39. The highest BCUT2D eigenvalue weighted by Gasteiger charge is 2.30. The van der Waals surface area contributed by atoms with Crippen molar-refractivity contribution < 1.29 is 18.8 Å². The van der Waals surface area contributed by atoms with Crippen LogP contribution in [0.4, 0.5) is 5.82 Å². The summed E-state index contributed by atoms with van der Waals surface area (Å²) in [6, 6.07) is 9.27. The molecule has 2 aliphatic rings. The van der Waals surface area contributed by atoms with Gasteiger partial charge in [-0.25, -0.2) is 4.98 Å². The Bertz CT molecular complexity index is 1100. The molecule has 1 aliphatic heterocycles. The van der Waals surface area contributed by atoms with Gasteiger partial charge in [0.05, 0.1) is 19.8 Å². The van der Waals surface area contributed by atoms with Crippen LogP contribution in [0.25, 0.3) is 11.4 Å². The summed E-state index contributed by atoms with van der Waals surface area (Å²) >= 11 is 0. The number of hydrogen-bond acceptors (Lipinski definition) is 8. The van der Waals surface area contributed by atoms with Crippen LogP contribution in [0.3, 0.4) is 0 Å². The lowest BCUT2D eigenvalue weighted by Crippen LogP contribution is -2.49. The first-order valence-corrected chi connectivity index (χ1v) is 10.7. The Labute approximate surface area is 185 Å². The molecule has 1 saturated carbocycles. The van der Waals surface area contributed by atoms with Gasteiger partial charge in [0.25, 0.3) is 5.91 Å². The highest BCUT2D eigenvalue weighted by molar-refractivity contribution is 5.98. The number of carbonyl (C=O) groups excluding carboxylic acids is 1. The number of aromatic nitrogens is 3. The summed E-state index contributed by atoms with van der Waals surface area (Å²) in [5.74, 6) is 3.54. The van der Waals surface area contributed by atoms with Crippen LogP contribution in [0.1, 0.15) is 35.0 Å². The molecule has 1 saturated heterocycles. The summed E-state index contributed by atoms with van der Waals surface area (Å²) in [5.41, 5.74) is 1.34. The normalized spacial score (nSPS) is 16.2. The van der Waals surface area contributed by atoms with Crippen LogP contribution in [0, 0.1) is 0 Å². The van der Waals surface area contributed by atoms with Crippen molar-refractivity contribution in [3.63, 3.8) is 0 Å². The second-order valence-electron chi connectivity index (χ2n) is 7.96. The molecule has 0 spiro atoms. The molecule has 2 fully saturated rings. The topological polar surface area (TPSA) is 93.8 Å². The molecule has 0 bridgehead atoms. The average molecular weight is 435 g/mol. The van der Waals surface area contributed by atoms with Crippen molar-refractivity contribution in [3.05, 3.63) is 48.0 Å². The van der Waals surface area contributed by atoms with E-state index < -0.39 is 0 Å². The van der Waals surface area contributed by atoms with Gasteiger partial charge in [-0.15, -0.1) is 0 Å². The number of para-hydroxylation sites is 1. The zero-order valence-electron chi connectivity index (χ0n) is 18.2. The van der Waals surface area contributed by atoms with Crippen molar-refractivity contribution in [1.29, 1.82) is 0 Å². The van der Waals surface area contributed by atoms with Gasteiger partial charge >= 0.3 is 0 Å². The van der Waals surface area contributed by atoms with E-state index in [4.69, 9.17) is 14.0 Å². The van der Waals surface area contributed by atoms with E-state index in [1.54, 1.807) is 38.6 Å². The molecule has 1 amide bonds. The fourth-order valence-electron chi connectivity index (χ4n) is 3.92. The van der Waals surface area contributed by atoms with Gasteiger partial charge in [0, 0.05) is 43.9 Å². The van der Waals surface area contributed by atoms with Crippen LogP contribution in [-0.2, 0) is 0 Å². The van der Waals surface area contributed by atoms with E-state index in [1.807, 2.05) is 17.0 Å². The molecule has 32 heavy (non-hydrogen) atoms. The van der Waals surface area contributed by atoms with Crippen molar-refractivity contribution in [1.82, 2.24) is 20.0 Å². The quantitative estimate of drug-likeness (QED) is 0.583. The molecular formula is C23H25N5O4. The SMILES string of the molecule is COc1cccc(C(=O)N2CCN(c3ccc(-c4noc(C5CC5)n4)cn3)CC2)c1OC. The number of anilines is 1. The maximum absolute atomic E-state index is 13.1. The molecule has 166 valence electrons. The number of methoxy groups -OCH3 is 2. The standard InChI is InChI=1S/C23H25N5O4/c1-30-18-5-3-4-17(20(18)31-2)23(29)28-12-10-27(11-13-28)19-9-8-16(14-24-19)21-25-22(32-26-21)15-6-7-15/h3-5,8-9,14-15H,6-7,10-13H2,1-2H3. The third-order valence-electron chi connectivity index (χ3n) is 5.90. The summed E-state index contributed by atoms with van der Waals surface area (Å²) in [6.45, 7) is 2.58. The molecular weight excluding hydrogens is 410 g/mol. The molecule has 0 radical (unpaired) electrons. The maximum Gasteiger partial charge on any atom is 0.257 e. The average Bonchev–Trinajstić information content (AvgIpc) is 3.59. The van der Waals surface area contributed by atoms with Crippen molar-refractivity contribution >= 4 is 11.7 Å². The Hall–Kier alpha value is -3.62. The molecule has 0 unspecified atom stereocenters. The lowest BCUT2D eigenvalue weighted by molar-refractivity contribution is 0.0742. The zero-order valence-corrected chi connectivity index (χ0v) is 18.2. The van der Waals surface area contributed by atoms with E-state index >= 15 is 0 Å². The summed E-state index contributed by atoms with van der Waals surface area (Å²) in [7, 11) is 3.11. The van der Waals surface area contributed by atoms with Crippen molar-refractivity contribution in [2.75, 3.05) is 45.3 Å². The van der Waals surface area contributed by atoms with Gasteiger partial charge in [0.1, 0.15) is 5.82 Å². The molecule has 2 aromatic heterocycles. The van der Waals surface area contributed by atoms with Gasteiger partial charge in [0.2, 0.25) is 11.7 Å². The largest absolute Gasteiger partial charge is 0.493 e. The number of pyridine rings is 1. The molecule has 0 N–H and O–H groups in total. The fourth-order valence-corrected chi connectivity index (χ4v) is 3.92. The molecule has 3 heterocycles. The van der Waals surface area contributed by atoms with E-state index in [9.17, 15) is 4.79 Å². The zero-order chi connectivity index (χ0) is 22.1. The second kappa shape index (κ2) is 8.49.